The molecule has 0 heterocycles. The van der Waals surface area contributed by atoms with Gasteiger partial charge < -0.3 is 10.6 Å². The van der Waals surface area contributed by atoms with Crippen LogP contribution in [0.15, 0.2) is 18.2 Å². The summed E-state index contributed by atoms with van der Waals surface area (Å²) in [6, 6.07) is 2.65. The lowest BCUT2D eigenvalue weighted by molar-refractivity contribution is -0.385. The van der Waals surface area contributed by atoms with Crippen molar-refractivity contribution in [3.63, 3.8) is 0 Å². The number of likely N-dealkylation sites (N-methyl/N-ethyl adjacent to an activating group) is 1. The summed E-state index contributed by atoms with van der Waals surface area (Å²) in [5, 5.41) is 10.5. The van der Waals surface area contributed by atoms with Gasteiger partial charge in [0.1, 0.15) is 0 Å². The maximum Gasteiger partial charge on any atom is 0.418 e. The number of halogens is 3. The van der Waals surface area contributed by atoms with Crippen LogP contribution >= 0.6 is 0 Å². The Morgan fingerprint density at radius 2 is 2.06 bits per heavy atom. The monoisotopic (exact) mass is 263 g/mol. The molecular weight excluding hydrogens is 251 g/mol. The highest BCUT2D eigenvalue weighted by atomic mass is 19.4. The van der Waals surface area contributed by atoms with Gasteiger partial charge in [-0.25, -0.2) is 0 Å². The Morgan fingerprint density at radius 3 is 2.50 bits per heavy atom. The molecule has 0 bridgehead atoms. The molecule has 0 aliphatic heterocycles. The van der Waals surface area contributed by atoms with Crippen molar-refractivity contribution in [1.29, 1.82) is 0 Å². The number of hydrogen-bond donors (Lipinski definition) is 1. The second-order valence-electron chi connectivity index (χ2n) is 3.67. The number of benzene rings is 1. The fourth-order valence-corrected chi connectivity index (χ4v) is 1.51. The number of nitrogens with zero attached hydrogens (tertiary/aromatic N) is 2. The van der Waals surface area contributed by atoms with Crippen LogP contribution in [0, 0.1) is 10.1 Å². The van der Waals surface area contributed by atoms with Crippen molar-refractivity contribution in [3.05, 3.63) is 33.9 Å². The molecule has 0 spiro atoms. The molecule has 0 aromatic heterocycles. The van der Waals surface area contributed by atoms with E-state index in [2.05, 4.69) is 0 Å². The van der Waals surface area contributed by atoms with Crippen LogP contribution in [-0.4, -0.2) is 25.1 Å². The van der Waals surface area contributed by atoms with E-state index < -0.39 is 22.4 Å². The lowest BCUT2D eigenvalue weighted by Crippen LogP contribution is -2.27. The third-order valence-electron chi connectivity index (χ3n) is 2.37. The first-order chi connectivity index (χ1) is 8.27. The summed E-state index contributed by atoms with van der Waals surface area (Å²) < 4.78 is 38.4. The smallest absolute Gasteiger partial charge is 0.373 e. The molecule has 1 rings (SSSR count). The first-order valence-corrected chi connectivity index (χ1v) is 5.04. The topological polar surface area (TPSA) is 72.4 Å². The molecule has 1 aromatic rings. The summed E-state index contributed by atoms with van der Waals surface area (Å²) in [6.07, 6.45) is -4.65. The Hall–Kier alpha value is -1.83. The minimum absolute atomic E-state index is 0.126. The minimum atomic E-state index is -4.65. The van der Waals surface area contributed by atoms with Gasteiger partial charge in [-0.15, -0.1) is 0 Å². The summed E-state index contributed by atoms with van der Waals surface area (Å²) in [5.41, 5.74) is 3.52. The average Bonchev–Trinajstić information content (AvgIpc) is 2.27. The molecule has 100 valence electrons. The zero-order valence-corrected chi connectivity index (χ0v) is 9.57. The minimum Gasteiger partial charge on any atom is -0.373 e. The van der Waals surface area contributed by atoms with Gasteiger partial charge in [-0.2, -0.15) is 13.2 Å². The number of anilines is 1. The van der Waals surface area contributed by atoms with Gasteiger partial charge >= 0.3 is 6.18 Å². The molecular formula is C10H12F3N3O2. The molecule has 0 saturated heterocycles. The van der Waals surface area contributed by atoms with Crippen molar-refractivity contribution in [3.8, 4) is 0 Å². The molecule has 5 nitrogen and oxygen atoms in total. The van der Waals surface area contributed by atoms with Crippen molar-refractivity contribution < 1.29 is 18.1 Å². The van der Waals surface area contributed by atoms with Gasteiger partial charge in [0, 0.05) is 38.0 Å². The highest BCUT2D eigenvalue weighted by Gasteiger charge is 2.36. The second-order valence-corrected chi connectivity index (χ2v) is 3.67. The summed E-state index contributed by atoms with van der Waals surface area (Å²) in [5.74, 6) is 0. The Morgan fingerprint density at radius 1 is 1.44 bits per heavy atom. The first kappa shape index (κ1) is 14.2. The van der Waals surface area contributed by atoms with Crippen LogP contribution in [0.1, 0.15) is 5.56 Å². The Balaban J connectivity index is 3.30. The van der Waals surface area contributed by atoms with Crippen LogP contribution in [0.2, 0.25) is 0 Å². The third kappa shape index (κ3) is 3.10. The number of rotatable bonds is 4. The van der Waals surface area contributed by atoms with Crippen LogP contribution in [0.4, 0.5) is 24.5 Å². The summed E-state index contributed by atoms with van der Waals surface area (Å²) in [7, 11) is 1.45. The molecule has 0 aliphatic carbocycles. The molecule has 18 heavy (non-hydrogen) atoms. The van der Waals surface area contributed by atoms with Crippen molar-refractivity contribution >= 4 is 11.4 Å². The molecule has 0 saturated carbocycles. The fraction of sp³-hybridized carbons (Fsp3) is 0.400. The van der Waals surface area contributed by atoms with Crippen molar-refractivity contribution in [2.24, 2.45) is 5.73 Å². The number of nitrogens with two attached hydrogens (primary N) is 1. The molecule has 0 unspecified atom stereocenters. The molecule has 0 amide bonds. The van der Waals surface area contributed by atoms with Gasteiger partial charge in [0.25, 0.3) is 5.69 Å². The Kier molecular flexibility index (Phi) is 4.12. The third-order valence-corrected chi connectivity index (χ3v) is 2.37. The normalized spacial score (nSPS) is 11.4. The summed E-state index contributed by atoms with van der Waals surface area (Å²) in [4.78, 5) is 10.9. The number of nitro benzene ring substituents is 1. The van der Waals surface area contributed by atoms with E-state index in [1.807, 2.05) is 0 Å². The molecule has 1 aromatic carbocycles. The van der Waals surface area contributed by atoms with Gasteiger partial charge in [0.2, 0.25) is 0 Å². The number of hydrogen-bond acceptors (Lipinski definition) is 4. The number of non-ortho nitro benzene ring substituents is 1. The highest BCUT2D eigenvalue weighted by molar-refractivity contribution is 5.58. The second kappa shape index (κ2) is 5.21. The maximum atomic E-state index is 12.8. The van der Waals surface area contributed by atoms with Gasteiger partial charge in [-0.1, -0.05) is 0 Å². The predicted octanol–water partition coefficient (Wildman–Crippen LogP) is 2.01. The fourth-order valence-electron chi connectivity index (χ4n) is 1.51. The zero-order chi connectivity index (χ0) is 13.9. The zero-order valence-electron chi connectivity index (χ0n) is 9.57. The van der Waals surface area contributed by atoms with E-state index in [0.717, 1.165) is 12.1 Å². The van der Waals surface area contributed by atoms with E-state index in [0.29, 0.717) is 6.07 Å². The quantitative estimate of drug-likeness (QED) is 0.666. The van der Waals surface area contributed by atoms with Crippen molar-refractivity contribution in [1.82, 2.24) is 0 Å². The van der Waals surface area contributed by atoms with E-state index in [1.165, 1.54) is 11.9 Å². The largest absolute Gasteiger partial charge is 0.418 e. The summed E-state index contributed by atoms with van der Waals surface area (Å²) >= 11 is 0. The molecule has 2 N–H and O–H groups in total. The molecule has 0 aliphatic rings. The SMILES string of the molecule is CN(CCN)c1ccc([N+](=O)[O-])cc1C(F)(F)F. The highest BCUT2D eigenvalue weighted by Crippen LogP contribution is 2.38. The van der Waals surface area contributed by atoms with Crippen LogP contribution in [0.3, 0.4) is 0 Å². The Labute approximate surface area is 101 Å². The predicted molar refractivity (Wildman–Crippen MR) is 60.4 cm³/mol. The molecule has 0 atom stereocenters. The van der Waals surface area contributed by atoms with Crippen LogP contribution in [0.25, 0.3) is 0 Å². The molecule has 8 heteroatoms. The summed E-state index contributed by atoms with van der Waals surface area (Å²) in [6.45, 7) is 0.408. The number of nitro groups is 1. The average molecular weight is 263 g/mol. The van der Waals surface area contributed by atoms with Crippen LogP contribution < -0.4 is 10.6 Å². The van der Waals surface area contributed by atoms with Gasteiger partial charge in [-0.3, -0.25) is 10.1 Å². The van der Waals surface area contributed by atoms with E-state index >= 15 is 0 Å². The first-order valence-electron chi connectivity index (χ1n) is 5.04. The molecule has 0 radical (unpaired) electrons. The van der Waals surface area contributed by atoms with Gasteiger partial charge in [0.05, 0.1) is 10.5 Å². The van der Waals surface area contributed by atoms with Crippen LogP contribution in [0.5, 0.6) is 0 Å². The molecule has 0 fully saturated rings. The van der Waals surface area contributed by atoms with Gasteiger partial charge in [-0.05, 0) is 6.07 Å². The van der Waals surface area contributed by atoms with E-state index in [4.69, 9.17) is 5.73 Å². The van der Waals surface area contributed by atoms with Crippen LogP contribution in [-0.2, 0) is 6.18 Å². The maximum absolute atomic E-state index is 12.8. The van der Waals surface area contributed by atoms with E-state index in [9.17, 15) is 23.3 Å². The van der Waals surface area contributed by atoms with Crippen molar-refractivity contribution in [2.75, 3.05) is 25.0 Å². The van der Waals surface area contributed by atoms with E-state index in [1.54, 1.807) is 0 Å². The van der Waals surface area contributed by atoms with Gasteiger partial charge in [0.15, 0.2) is 0 Å². The standard InChI is InChI=1S/C10H12F3N3O2/c1-15(5-4-14)9-3-2-7(16(17)18)6-8(9)10(11,12)13/h2-3,6H,4-5,14H2,1H3. The number of alkyl halides is 3. The Bertz CT molecular complexity index is 448. The lowest BCUT2D eigenvalue weighted by Gasteiger charge is -2.22. The van der Waals surface area contributed by atoms with E-state index in [-0.39, 0.29) is 18.8 Å². The lowest BCUT2D eigenvalue weighted by atomic mass is 10.1. The van der Waals surface area contributed by atoms with Crippen molar-refractivity contribution in [2.45, 2.75) is 6.18 Å².